The predicted octanol–water partition coefficient (Wildman–Crippen LogP) is 3.63. The number of aliphatic hydroxyl groups excluding tert-OH is 1. The Hall–Kier alpha value is -1.35. The van der Waals surface area contributed by atoms with Crippen LogP contribution in [0.4, 0.5) is 5.69 Å². The second-order valence-corrected chi connectivity index (χ2v) is 5.39. The standard InChI is InChI=1S/C15H20N2O.C2H6/c18-10-11-5-7-13(8-6-11)16-15-9-12-3-1-2-4-14(12)17-15;1-2/h1-4,11,13,18H,5-10H2,(H,16,17);1-2H3. The number of nitrogens with one attached hydrogen (secondary N) is 1. The highest BCUT2D eigenvalue weighted by Crippen LogP contribution is 2.28. The Labute approximate surface area is 122 Å². The number of anilines is 1. The fourth-order valence-corrected chi connectivity index (χ4v) is 2.93. The van der Waals surface area contributed by atoms with Crippen LogP contribution in [0, 0.1) is 5.92 Å². The molecule has 0 bridgehead atoms. The van der Waals surface area contributed by atoms with Crippen LogP contribution in [-0.4, -0.2) is 23.6 Å². The highest BCUT2D eigenvalue weighted by molar-refractivity contribution is 6.03. The van der Waals surface area contributed by atoms with E-state index in [0.29, 0.717) is 18.6 Å². The van der Waals surface area contributed by atoms with Gasteiger partial charge in [0.15, 0.2) is 0 Å². The van der Waals surface area contributed by atoms with E-state index in [0.717, 1.165) is 37.9 Å². The molecule has 0 spiro atoms. The molecule has 1 aliphatic heterocycles. The van der Waals surface area contributed by atoms with Gasteiger partial charge in [-0.05, 0) is 43.2 Å². The summed E-state index contributed by atoms with van der Waals surface area (Å²) in [6, 6.07) is 8.86. The lowest BCUT2D eigenvalue weighted by molar-refractivity contribution is 0.183. The van der Waals surface area contributed by atoms with Crippen LogP contribution in [0.1, 0.15) is 45.1 Å². The number of rotatable bonds is 2. The summed E-state index contributed by atoms with van der Waals surface area (Å²) in [6.07, 6.45) is 5.41. The lowest BCUT2D eigenvalue weighted by atomic mass is 9.87. The Morgan fingerprint density at radius 2 is 1.85 bits per heavy atom. The molecule has 3 nitrogen and oxygen atoms in total. The SMILES string of the molecule is CC.OCC1CCC(N=C2Cc3ccccc3N2)CC1. The van der Waals surface area contributed by atoms with Gasteiger partial charge in [0.25, 0.3) is 0 Å². The van der Waals surface area contributed by atoms with Gasteiger partial charge < -0.3 is 10.4 Å². The van der Waals surface area contributed by atoms with Crippen LogP contribution in [-0.2, 0) is 6.42 Å². The quantitative estimate of drug-likeness (QED) is 0.865. The van der Waals surface area contributed by atoms with Gasteiger partial charge in [-0.3, -0.25) is 4.99 Å². The third kappa shape index (κ3) is 3.60. The van der Waals surface area contributed by atoms with Crippen molar-refractivity contribution >= 4 is 11.5 Å². The molecule has 20 heavy (non-hydrogen) atoms. The highest BCUT2D eigenvalue weighted by atomic mass is 16.3. The summed E-state index contributed by atoms with van der Waals surface area (Å²) in [4.78, 5) is 4.84. The molecule has 1 fully saturated rings. The first-order valence-corrected chi connectivity index (χ1v) is 7.87. The van der Waals surface area contributed by atoms with Crippen LogP contribution < -0.4 is 5.32 Å². The van der Waals surface area contributed by atoms with E-state index in [2.05, 4.69) is 29.6 Å². The Bertz CT molecular complexity index is 421. The van der Waals surface area contributed by atoms with Crippen LogP contribution in [0.2, 0.25) is 0 Å². The molecule has 0 aromatic heterocycles. The Kier molecular flexibility index (Phi) is 5.60. The van der Waals surface area contributed by atoms with E-state index < -0.39 is 0 Å². The molecule has 1 aliphatic carbocycles. The van der Waals surface area contributed by atoms with Crippen molar-refractivity contribution in [1.82, 2.24) is 0 Å². The van der Waals surface area contributed by atoms with Crippen molar-refractivity contribution in [2.75, 3.05) is 11.9 Å². The third-order valence-electron chi connectivity index (χ3n) is 4.07. The molecule has 3 heteroatoms. The number of para-hydroxylation sites is 1. The molecule has 1 aromatic carbocycles. The average molecular weight is 274 g/mol. The molecule has 3 rings (SSSR count). The van der Waals surface area contributed by atoms with Gasteiger partial charge in [0.1, 0.15) is 5.84 Å². The summed E-state index contributed by atoms with van der Waals surface area (Å²) in [6.45, 7) is 4.34. The van der Waals surface area contributed by atoms with E-state index in [1.165, 1.54) is 11.3 Å². The fourth-order valence-electron chi connectivity index (χ4n) is 2.93. The Balaban J connectivity index is 0.000000704. The smallest absolute Gasteiger partial charge is 0.106 e. The summed E-state index contributed by atoms with van der Waals surface area (Å²) >= 11 is 0. The van der Waals surface area contributed by atoms with Crippen LogP contribution >= 0.6 is 0 Å². The van der Waals surface area contributed by atoms with E-state index in [4.69, 9.17) is 10.1 Å². The van der Waals surface area contributed by atoms with Gasteiger partial charge in [0.2, 0.25) is 0 Å². The van der Waals surface area contributed by atoms with E-state index in [9.17, 15) is 0 Å². The molecule has 110 valence electrons. The Morgan fingerprint density at radius 3 is 2.50 bits per heavy atom. The van der Waals surface area contributed by atoms with Crippen molar-refractivity contribution < 1.29 is 5.11 Å². The van der Waals surface area contributed by atoms with E-state index in [1.54, 1.807) is 0 Å². The van der Waals surface area contributed by atoms with Crippen LogP contribution in [0.15, 0.2) is 29.3 Å². The van der Waals surface area contributed by atoms with E-state index in [-0.39, 0.29) is 0 Å². The average Bonchev–Trinajstić information content (AvgIpc) is 2.92. The van der Waals surface area contributed by atoms with Gasteiger partial charge in [-0.25, -0.2) is 0 Å². The fraction of sp³-hybridized carbons (Fsp3) is 0.588. The van der Waals surface area contributed by atoms with Gasteiger partial charge in [-0.2, -0.15) is 0 Å². The number of fused-ring (bicyclic) bond motifs is 1. The van der Waals surface area contributed by atoms with Crippen LogP contribution in [0.25, 0.3) is 0 Å². The largest absolute Gasteiger partial charge is 0.396 e. The first-order chi connectivity index (χ1) is 9.85. The van der Waals surface area contributed by atoms with Crippen molar-refractivity contribution in [3.8, 4) is 0 Å². The van der Waals surface area contributed by atoms with Crippen molar-refractivity contribution in [2.24, 2.45) is 10.9 Å². The summed E-state index contributed by atoms with van der Waals surface area (Å²) in [7, 11) is 0. The highest BCUT2D eigenvalue weighted by Gasteiger charge is 2.22. The van der Waals surface area contributed by atoms with Gasteiger partial charge in [0.05, 0.1) is 6.04 Å². The molecule has 0 radical (unpaired) electrons. The van der Waals surface area contributed by atoms with Crippen molar-refractivity contribution in [1.29, 1.82) is 0 Å². The molecule has 1 aromatic rings. The van der Waals surface area contributed by atoms with Crippen molar-refractivity contribution in [3.05, 3.63) is 29.8 Å². The number of benzene rings is 1. The van der Waals surface area contributed by atoms with Gasteiger partial charge in [0, 0.05) is 18.7 Å². The second kappa shape index (κ2) is 7.44. The monoisotopic (exact) mass is 274 g/mol. The predicted molar refractivity (Wildman–Crippen MR) is 85.4 cm³/mol. The zero-order chi connectivity index (χ0) is 14.4. The topological polar surface area (TPSA) is 44.6 Å². The normalized spacial score (nSPS) is 26.4. The molecule has 1 saturated carbocycles. The lowest BCUT2D eigenvalue weighted by Crippen LogP contribution is -2.22. The summed E-state index contributed by atoms with van der Waals surface area (Å²) in [5.74, 6) is 1.62. The van der Waals surface area contributed by atoms with E-state index >= 15 is 0 Å². The molecule has 2 aliphatic rings. The lowest BCUT2D eigenvalue weighted by Gasteiger charge is -2.25. The Morgan fingerprint density at radius 1 is 1.15 bits per heavy atom. The maximum atomic E-state index is 9.13. The molecule has 2 N–H and O–H groups in total. The minimum Gasteiger partial charge on any atom is -0.396 e. The molecule has 0 unspecified atom stereocenters. The molecular formula is C17H26N2O. The maximum absolute atomic E-state index is 9.13. The maximum Gasteiger partial charge on any atom is 0.106 e. The van der Waals surface area contributed by atoms with Crippen LogP contribution in [0.3, 0.4) is 0 Å². The van der Waals surface area contributed by atoms with Crippen molar-refractivity contribution in [3.63, 3.8) is 0 Å². The van der Waals surface area contributed by atoms with E-state index in [1.807, 2.05) is 13.8 Å². The number of aliphatic hydroxyl groups is 1. The summed E-state index contributed by atoms with van der Waals surface area (Å²) in [5.41, 5.74) is 2.56. The molecule has 0 atom stereocenters. The zero-order valence-electron chi connectivity index (χ0n) is 12.6. The third-order valence-corrected chi connectivity index (χ3v) is 4.07. The summed E-state index contributed by atoms with van der Waals surface area (Å²) < 4.78 is 0. The van der Waals surface area contributed by atoms with Gasteiger partial charge in [-0.15, -0.1) is 0 Å². The number of amidine groups is 1. The summed E-state index contributed by atoms with van der Waals surface area (Å²) in [5, 5.41) is 12.5. The minimum absolute atomic E-state index is 0.340. The molecule has 0 saturated heterocycles. The second-order valence-electron chi connectivity index (χ2n) is 5.39. The molecule has 1 heterocycles. The van der Waals surface area contributed by atoms with Gasteiger partial charge >= 0.3 is 0 Å². The van der Waals surface area contributed by atoms with Gasteiger partial charge in [-0.1, -0.05) is 32.0 Å². The molecule has 0 amide bonds. The molecular weight excluding hydrogens is 248 g/mol. The number of nitrogens with zero attached hydrogens (tertiary/aromatic N) is 1. The number of hydrogen-bond donors (Lipinski definition) is 2. The van der Waals surface area contributed by atoms with Crippen LogP contribution in [0.5, 0.6) is 0 Å². The minimum atomic E-state index is 0.340. The first-order valence-electron chi connectivity index (χ1n) is 7.87. The first kappa shape index (κ1) is 15.0. The zero-order valence-corrected chi connectivity index (χ0v) is 12.6. The van der Waals surface area contributed by atoms with Crippen molar-refractivity contribution in [2.45, 2.75) is 52.0 Å². The number of hydrogen-bond acceptors (Lipinski definition) is 2. The number of aliphatic imine (C=N–C) groups is 1.